The van der Waals surface area contributed by atoms with Crippen LogP contribution in [0.2, 0.25) is 0 Å². The Morgan fingerprint density at radius 1 is 1.30 bits per heavy atom. The van der Waals surface area contributed by atoms with Gasteiger partial charge in [0.2, 0.25) is 0 Å². The van der Waals surface area contributed by atoms with Crippen LogP contribution in [0.1, 0.15) is 6.42 Å². The minimum absolute atomic E-state index is 0. The van der Waals surface area contributed by atoms with E-state index >= 15 is 0 Å². The van der Waals surface area contributed by atoms with E-state index in [0.29, 0.717) is 0 Å². The molecule has 1 N–H and O–H groups in total. The van der Waals surface area contributed by atoms with E-state index in [1.165, 1.54) is 0 Å². The summed E-state index contributed by atoms with van der Waals surface area (Å²) in [6, 6.07) is 0. The minimum atomic E-state index is -0.839. The van der Waals surface area contributed by atoms with Crippen molar-refractivity contribution in [1.29, 1.82) is 0 Å². The average molecular weight is 241 g/mol. The van der Waals surface area contributed by atoms with Crippen LogP contribution in [-0.4, -0.2) is 22.5 Å². The van der Waals surface area contributed by atoms with Crippen LogP contribution in [0.4, 0.5) is 0 Å². The fourth-order valence-corrected chi connectivity index (χ4v) is 0.375. The van der Waals surface area contributed by atoms with Crippen LogP contribution in [-0.2, 0) is 41.6 Å². The van der Waals surface area contributed by atoms with Crippen molar-refractivity contribution in [2.24, 2.45) is 0 Å². The molecule has 1 rings (SSSR count). The number of hydrogen-bond donors (Lipinski definition) is 1. The zero-order valence-electron chi connectivity index (χ0n) is 4.54. The van der Waals surface area contributed by atoms with Crippen molar-refractivity contribution in [2.75, 3.05) is 0 Å². The largest absolute Gasteiger partial charge is 0.343 e. The molecule has 1 radical (unpaired) electrons. The first-order valence-electron chi connectivity index (χ1n) is 2.09. The normalized spacial score (nSPS) is 18.9. The second-order valence-corrected chi connectivity index (χ2v) is 1.34. The summed E-state index contributed by atoms with van der Waals surface area (Å²) in [4.78, 5) is 28.0. The van der Waals surface area contributed by atoms with Crippen molar-refractivity contribution < 1.29 is 46.9 Å². The quantitative estimate of drug-likeness (QED) is 0.432. The summed E-state index contributed by atoms with van der Waals surface area (Å²) in [5, 5.41) is 7.93. The van der Waals surface area contributed by atoms with Crippen molar-refractivity contribution in [1.82, 2.24) is 5.39 Å². The molecule has 0 aromatic heterocycles. The van der Waals surface area contributed by atoms with Crippen LogP contribution in [0.25, 0.3) is 0 Å². The van der Waals surface area contributed by atoms with Gasteiger partial charge in [0.15, 0.2) is 5.39 Å². The van der Waals surface area contributed by atoms with Gasteiger partial charge in [-0.15, -0.1) is 0 Å². The molecular formula is C3H3AgNO5. The van der Waals surface area contributed by atoms with Gasteiger partial charge in [-0.1, -0.05) is 0 Å². The number of nitrogens with zero attached hydrogens (tertiary/aromatic N) is 1. The van der Waals surface area contributed by atoms with Crippen LogP contribution in [0.15, 0.2) is 0 Å². The van der Waals surface area contributed by atoms with Gasteiger partial charge in [-0.25, -0.2) is 14.8 Å². The molecule has 1 heterocycles. The Morgan fingerprint density at radius 2 is 1.70 bits per heavy atom. The Morgan fingerprint density at radius 3 is 2.00 bits per heavy atom. The number of carbonyl (C=O) groups is 2. The van der Waals surface area contributed by atoms with Gasteiger partial charge in [-0.3, -0.25) is 0 Å². The summed E-state index contributed by atoms with van der Waals surface area (Å²) in [5.41, 5.74) is 0. The Hall–Kier alpha value is -0.400. The van der Waals surface area contributed by atoms with Gasteiger partial charge in [-0.2, -0.15) is 0 Å². The molecule has 10 heavy (non-hydrogen) atoms. The maximum absolute atomic E-state index is 10.2. The first-order valence-corrected chi connectivity index (χ1v) is 2.09. The summed E-state index contributed by atoms with van der Waals surface area (Å²) < 4.78 is 0. The van der Waals surface area contributed by atoms with E-state index in [1.54, 1.807) is 0 Å². The van der Waals surface area contributed by atoms with Gasteiger partial charge >= 0.3 is 11.9 Å². The second-order valence-electron chi connectivity index (χ2n) is 1.34. The third-order valence-electron chi connectivity index (χ3n) is 0.648. The standard InChI is InChI=1S/C3H3NO5.Ag/c5-2-1-3(6)9-4(7)8-2;/h7H,1H2;. The van der Waals surface area contributed by atoms with E-state index in [4.69, 9.17) is 5.21 Å². The Labute approximate surface area is 71.1 Å². The topological polar surface area (TPSA) is 76.1 Å². The fraction of sp³-hybridized carbons (Fsp3) is 0.333. The molecule has 1 aliphatic rings. The third-order valence-corrected chi connectivity index (χ3v) is 0.648. The Kier molecular flexibility index (Phi) is 3.54. The molecule has 7 heteroatoms. The SMILES string of the molecule is O=C1CC(=O)ON(O)O1.[Ag]. The zero-order chi connectivity index (χ0) is 6.85. The molecule has 6 nitrogen and oxygen atoms in total. The average Bonchev–Trinajstić information content (AvgIpc) is 1.59. The van der Waals surface area contributed by atoms with Gasteiger partial charge in [0.1, 0.15) is 6.42 Å². The molecule has 0 amide bonds. The predicted octanol–water partition coefficient (Wildman–Crippen LogP) is -1.00. The van der Waals surface area contributed by atoms with E-state index in [-0.39, 0.29) is 27.8 Å². The number of carbonyl (C=O) groups excluding carboxylic acids is 2. The van der Waals surface area contributed by atoms with Crippen LogP contribution in [0, 0.1) is 0 Å². The fourth-order valence-electron chi connectivity index (χ4n) is 0.375. The van der Waals surface area contributed by atoms with Crippen LogP contribution >= 0.6 is 0 Å². The van der Waals surface area contributed by atoms with E-state index in [0.717, 1.165) is 0 Å². The van der Waals surface area contributed by atoms with E-state index in [1.807, 2.05) is 0 Å². The van der Waals surface area contributed by atoms with Gasteiger partial charge < -0.3 is 9.68 Å². The van der Waals surface area contributed by atoms with Crippen molar-refractivity contribution in [2.45, 2.75) is 6.42 Å². The summed E-state index contributed by atoms with van der Waals surface area (Å²) in [6.45, 7) is 0. The monoisotopic (exact) mass is 240 g/mol. The molecule has 61 valence electrons. The maximum atomic E-state index is 10.2. The first kappa shape index (κ1) is 9.60. The second kappa shape index (κ2) is 3.69. The molecule has 0 atom stereocenters. The molecule has 1 saturated heterocycles. The van der Waals surface area contributed by atoms with Crippen molar-refractivity contribution >= 4 is 11.9 Å². The van der Waals surface area contributed by atoms with E-state index in [9.17, 15) is 9.59 Å². The van der Waals surface area contributed by atoms with E-state index < -0.39 is 18.4 Å². The molecule has 1 fully saturated rings. The first-order chi connectivity index (χ1) is 4.18. The molecule has 0 bridgehead atoms. The van der Waals surface area contributed by atoms with Crippen LogP contribution in [0.5, 0.6) is 0 Å². The molecule has 0 aromatic carbocycles. The molecule has 0 aliphatic carbocycles. The molecular weight excluding hydrogens is 238 g/mol. The van der Waals surface area contributed by atoms with E-state index in [2.05, 4.69) is 9.68 Å². The molecule has 0 aromatic rings. The Balaban J connectivity index is 0.000000810. The third kappa shape index (κ3) is 2.46. The molecule has 0 unspecified atom stereocenters. The summed E-state index contributed by atoms with van der Waals surface area (Å²) in [6.07, 6.45) is -0.461. The number of hydrogen-bond acceptors (Lipinski definition) is 6. The molecule has 0 saturated carbocycles. The zero-order valence-corrected chi connectivity index (χ0v) is 6.02. The van der Waals surface area contributed by atoms with Gasteiger partial charge in [0.25, 0.3) is 0 Å². The molecule has 1 aliphatic heterocycles. The molecule has 0 spiro atoms. The van der Waals surface area contributed by atoms with Gasteiger partial charge in [0, 0.05) is 22.4 Å². The van der Waals surface area contributed by atoms with Crippen molar-refractivity contribution in [3.63, 3.8) is 0 Å². The summed E-state index contributed by atoms with van der Waals surface area (Å²) in [5.74, 6) is -1.68. The van der Waals surface area contributed by atoms with Gasteiger partial charge in [0.05, 0.1) is 0 Å². The summed E-state index contributed by atoms with van der Waals surface area (Å²) in [7, 11) is 0. The Bertz CT molecular complexity index is 143. The van der Waals surface area contributed by atoms with Crippen molar-refractivity contribution in [3.05, 3.63) is 0 Å². The predicted molar refractivity (Wildman–Crippen MR) is 20.4 cm³/mol. The van der Waals surface area contributed by atoms with Gasteiger partial charge in [-0.05, 0) is 0 Å². The van der Waals surface area contributed by atoms with Crippen LogP contribution in [0.3, 0.4) is 0 Å². The summed E-state index contributed by atoms with van der Waals surface area (Å²) >= 11 is 0. The maximum Gasteiger partial charge on any atom is 0.343 e. The smallest absolute Gasteiger partial charge is 0.309 e. The van der Waals surface area contributed by atoms with Crippen LogP contribution < -0.4 is 0 Å². The minimum Gasteiger partial charge on any atom is -0.309 e. The van der Waals surface area contributed by atoms with Crippen molar-refractivity contribution in [3.8, 4) is 0 Å². The number of rotatable bonds is 0.